The van der Waals surface area contributed by atoms with Crippen LogP contribution in [-0.2, 0) is 14.3 Å². The van der Waals surface area contributed by atoms with Gasteiger partial charge in [0, 0.05) is 30.4 Å². The molecule has 35 heavy (non-hydrogen) atoms. The lowest BCUT2D eigenvalue weighted by molar-refractivity contribution is -0.151. The van der Waals surface area contributed by atoms with Crippen LogP contribution in [0.5, 0.6) is 0 Å². The summed E-state index contributed by atoms with van der Waals surface area (Å²) < 4.78 is 5.18. The lowest BCUT2D eigenvalue weighted by Gasteiger charge is -2.31. The van der Waals surface area contributed by atoms with Gasteiger partial charge in [-0.3, -0.25) is 4.79 Å². The van der Waals surface area contributed by atoms with Gasteiger partial charge in [0.15, 0.2) is 0 Å². The number of fused-ring (bicyclic) bond motifs is 1. The molecule has 0 N–H and O–H groups in total. The van der Waals surface area contributed by atoms with Gasteiger partial charge in [0.2, 0.25) is 5.91 Å². The number of hydrogen-bond donors (Lipinski definition) is 0. The predicted molar refractivity (Wildman–Crippen MR) is 140 cm³/mol. The average molecular weight is 487 g/mol. The first-order chi connectivity index (χ1) is 17.2. The molecule has 3 aromatic rings. The fourth-order valence-corrected chi connectivity index (χ4v) is 6.31. The molecule has 2 aliphatic rings. The molecule has 1 saturated heterocycles. The van der Waals surface area contributed by atoms with Crippen LogP contribution in [0.25, 0.3) is 0 Å². The zero-order valence-electron chi connectivity index (χ0n) is 19.9. The minimum atomic E-state index is -0.601. The van der Waals surface area contributed by atoms with Gasteiger partial charge in [0.05, 0.1) is 18.7 Å². The summed E-state index contributed by atoms with van der Waals surface area (Å²) in [5.41, 5.74) is 3.04. The van der Waals surface area contributed by atoms with Crippen molar-refractivity contribution in [3.8, 4) is 0 Å². The Morgan fingerprint density at radius 2 is 1.54 bits per heavy atom. The van der Waals surface area contributed by atoms with Crippen LogP contribution in [0.3, 0.4) is 0 Å². The molecular weight excluding hydrogens is 456 g/mol. The summed E-state index contributed by atoms with van der Waals surface area (Å²) in [6.07, 6.45) is 1.62. The molecule has 0 saturated carbocycles. The molecule has 0 aromatic heterocycles. The quantitative estimate of drug-likeness (QED) is 0.477. The second kappa shape index (κ2) is 10.6. The van der Waals surface area contributed by atoms with E-state index < -0.39 is 12.0 Å². The summed E-state index contributed by atoms with van der Waals surface area (Å²) >= 11 is 1.88. The monoisotopic (exact) mass is 486 g/mol. The van der Waals surface area contributed by atoms with Crippen LogP contribution in [0.2, 0.25) is 0 Å². The molecular formula is C29H30N2O3S. The second-order valence-electron chi connectivity index (χ2n) is 9.04. The minimum Gasteiger partial charge on any atom is -0.467 e. The predicted octanol–water partition coefficient (Wildman–Crippen LogP) is 4.96. The van der Waals surface area contributed by atoms with E-state index in [9.17, 15) is 9.59 Å². The summed E-state index contributed by atoms with van der Waals surface area (Å²) in [5, 5.41) is 0. The van der Waals surface area contributed by atoms with Crippen molar-refractivity contribution in [2.24, 2.45) is 0 Å². The van der Waals surface area contributed by atoms with Gasteiger partial charge < -0.3 is 14.5 Å². The highest BCUT2D eigenvalue weighted by atomic mass is 32.2. The molecule has 0 aliphatic carbocycles. The lowest BCUT2D eigenvalue weighted by atomic mass is 9.90. The molecule has 180 valence electrons. The van der Waals surface area contributed by atoms with Crippen molar-refractivity contribution in [3.63, 3.8) is 0 Å². The number of rotatable bonds is 5. The molecule has 2 heterocycles. The molecule has 0 spiro atoms. The summed E-state index contributed by atoms with van der Waals surface area (Å²) in [6, 6.07) is 27.6. The van der Waals surface area contributed by atoms with Gasteiger partial charge in [-0.15, -0.1) is 11.8 Å². The minimum absolute atomic E-state index is 0.0510. The highest BCUT2D eigenvalue weighted by Crippen LogP contribution is 2.38. The van der Waals surface area contributed by atoms with Crippen molar-refractivity contribution in [2.45, 2.75) is 35.7 Å². The lowest BCUT2D eigenvalue weighted by Crippen LogP contribution is -2.44. The smallest absolute Gasteiger partial charge is 0.328 e. The number of anilines is 1. The first-order valence-electron chi connectivity index (χ1n) is 12.1. The highest BCUT2D eigenvalue weighted by molar-refractivity contribution is 7.99. The van der Waals surface area contributed by atoms with E-state index >= 15 is 0 Å². The Morgan fingerprint density at radius 1 is 0.914 bits per heavy atom. The Hall–Kier alpha value is -3.25. The number of thioether (sulfide) groups is 1. The number of amides is 1. The van der Waals surface area contributed by atoms with Crippen molar-refractivity contribution >= 4 is 29.3 Å². The van der Waals surface area contributed by atoms with Crippen LogP contribution in [0.4, 0.5) is 5.69 Å². The number of carbonyl (C=O) groups is 2. The maximum Gasteiger partial charge on any atom is 0.328 e. The molecule has 2 aliphatic heterocycles. The molecule has 0 bridgehead atoms. The van der Waals surface area contributed by atoms with Gasteiger partial charge in [-0.05, 0) is 35.4 Å². The van der Waals surface area contributed by atoms with Crippen molar-refractivity contribution in [1.82, 2.24) is 4.90 Å². The van der Waals surface area contributed by atoms with Gasteiger partial charge in [-0.1, -0.05) is 72.8 Å². The summed E-state index contributed by atoms with van der Waals surface area (Å²) in [6.45, 7) is 1.40. The number of likely N-dealkylation sites (tertiary alicyclic amines) is 1. The van der Waals surface area contributed by atoms with Crippen molar-refractivity contribution in [3.05, 3.63) is 96.1 Å². The fraction of sp³-hybridized carbons (Fsp3) is 0.310. The van der Waals surface area contributed by atoms with Crippen molar-refractivity contribution < 1.29 is 14.3 Å². The van der Waals surface area contributed by atoms with E-state index in [-0.39, 0.29) is 17.9 Å². The molecule has 5 nitrogen and oxygen atoms in total. The van der Waals surface area contributed by atoms with Crippen LogP contribution < -0.4 is 4.90 Å². The summed E-state index contributed by atoms with van der Waals surface area (Å²) in [7, 11) is 1.40. The van der Waals surface area contributed by atoms with E-state index in [1.54, 1.807) is 4.90 Å². The van der Waals surface area contributed by atoms with E-state index in [1.165, 1.54) is 17.7 Å². The standard InChI is InChI=1S/C29H30N2O3S/c1-34-29(33)25-19-23(30-17-10-18-35-26-16-9-8-15-24(26)30)20-31(25)28(32)27(21-11-4-2-5-12-21)22-13-6-3-7-14-22/h2-9,11-16,23,25,27H,10,17-20H2,1H3. The maximum atomic E-state index is 14.2. The normalized spacial score (nSPS) is 19.8. The molecule has 2 unspecified atom stereocenters. The number of ether oxygens (including phenoxy) is 1. The number of hydrogen-bond acceptors (Lipinski definition) is 5. The molecule has 0 radical (unpaired) electrons. The molecule has 1 fully saturated rings. The number of methoxy groups -OCH3 is 1. The number of benzene rings is 3. The summed E-state index contributed by atoms with van der Waals surface area (Å²) in [5.74, 6) is 0.180. The largest absolute Gasteiger partial charge is 0.467 e. The van der Waals surface area contributed by atoms with Gasteiger partial charge >= 0.3 is 5.97 Å². The van der Waals surface area contributed by atoms with Crippen LogP contribution in [0, 0.1) is 0 Å². The van der Waals surface area contributed by atoms with Crippen LogP contribution in [0.1, 0.15) is 29.9 Å². The van der Waals surface area contributed by atoms with E-state index in [0.717, 1.165) is 29.8 Å². The van der Waals surface area contributed by atoms with E-state index in [2.05, 4.69) is 29.2 Å². The second-order valence-corrected chi connectivity index (χ2v) is 10.2. The number of esters is 1. The third kappa shape index (κ3) is 4.80. The van der Waals surface area contributed by atoms with Gasteiger partial charge in [-0.25, -0.2) is 4.79 Å². The third-order valence-corrected chi connectivity index (χ3v) is 8.11. The Labute approximate surface area is 211 Å². The Balaban J connectivity index is 1.50. The molecule has 3 aromatic carbocycles. The molecule has 1 amide bonds. The van der Waals surface area contributed by atoms with E-state index in [1.807, 2.05) is 72.4 Å². The zero-order chi connectivity index (χ0) is 24.2. The summed E-state index contributed by atoms with van der Waals surface area (Å²) in [4.78, 5) is 32.6. The van der Waals surface area contributed by atoms with Gasteiger partial charge in [-0.2, -0.15) is 0 Å². The van der Waals surface area contributed by atoms with Crippen LogP contribution in [-0.4, -0.2) is 54.8 Å². The Kier molecular flexibility index (Phi) is 7.09. The van der Waals surface area contributed by atoms with Crippen molar-refractivity contribution in [1.29, 1.82) is 0 Å². The number of nitrogens with zero attached hydrogens (tertiary/aromatic N) is 2. The number of carbonyl (C=O) groups excluding carboxylic acids is 2. The molecule has 5 rings (SSSR count). The van der Waals surface area contributed by atoms with Crippen LogP contribution in [0.15, 0.2) is 89.8 Å². The average Bonchev–Trinajstić information content (AvgIpc) is 3.24. The molecule has 2 atom stereocenters. The number of para-hydroxylation sites is 1. The first kappa shape index (κ1) is 23.5. The Bertz CT molecular complexity index is 1130. The third-order valence-electron chi connectivity index (χ3n) is 6.96. The zero-order valence-corrected chi connectivity index (χ0v) is 20.7. The highest BCUT2D eigenvalue weighted by Gasteiger charge is 2.45. The van der Waals surface area contributed by atoms with E-state index in [4.69, 9.17) is 4.74 Å². The maximum absolute atomic E-state index is 14.2. The molecule has 6 heteroatoms. The van der Waals surface area contributed by atoms with Crippen LogP contribution >= 0.6 is 11.8 Å². The Morgan fingerprint density at radius 3 is 2.20 bits per heavy atom. The SMILES string of the molecule is COC(=O)C1CC(N2CCCSc3ccccc32)CN1C(=O)C(c1ccccc1)c1ccccc1. The van der Waals surface area contributed by atoms with Crippen molar-refractivity contribution in [2.75, 3.05) is 30.9 Å². The van der Waals surface area contributed by atoms with Gasteiger partial charge in [0.25, 0.3) is 0 Å². The fourth-order valence-electron chi connectivity index (χ4n) is 5.31. The first-order valence-corrected chi connectivity index (χ1v) is 13.1. The van der Waals surface area contributed by atoms with Gasteiger partial charge in [0.1, 0.15) is 6.04 Å². The topological polar surface area (TPSA) is 49.9 Å². The van der Waals surface area contributed by atoms with E-state index in [0.29, 0.717) is 13.0 Å².